The third-order valence-corrected chi connectivity index (χ3v) is 3.44. The van der Waals surface area contributed by atoms with Crippen molar-refractivity contribution in [1.29, 1.82) is 0 Å². The highest BCUT2D eigenvalue weighted by atomic mass is 35.5. The van der Waals surface area contributed by atoms with Gasteiger partial charge in [0.15, 0.2) is 0 Å². The van der Waals surface area contributed by atoms with Gasteiger partial charge in [0.05, 0.1) is 12.2 Å². The topological polar surface area (TPSA) is 54.0 Å². The summed E-state index contributed by atoms with van der Waals surface area (Å²) in [4.78, 5) is 15.9. The second-order valence-corrected chi connectivity index (χ2v) is 5.41. The zero-order valence-electron chi connectivity index (χ0n) is 12.4. The van der Waals surface area contributed by atoms with E-state index in [4.69, 9.17) is 11.6 Å². The van der Waals surface area contributed by atoms with Crippen LogP contribution < -0.4 is 10.6 Å². The number of carbonyl (C=O) groups excluding carboxylic acids is 1. The van der Waals surface area contributed by atoms with E-state index in [0.717, 1.165) is 23.7 Å². The van der Waals surface area contributed by atoms with Crippen LogP contribution >= 0.6 is 11.6 Å². The minimum atomic E-state index is 0.0286. The lowest BCUT2D eigenvalue weighted by Crippen LogP contribution is -2.28. The van der Waals surface area contributed by atoms with Crippen LogP contribution in [0.25, 0.3) is 0 Å². The van der Waals surface area contributed by atoms with Gasteiger partial charge in [0.2, 0.25) is 5.91 Å². The Balaban J connectivity index is 1.55. The number of rotatable bonds is 8. The Morgan fingerprint density at radius 2 is 2.05 bits per heavy atom. The van der Waals surface area contributed by atoms with Gasteiger partial charge in [0.25, 0.3) is 0 Å². The summed E-state index contributed by atoms with van der Waals surface area (Å²) in [6.45, 7) is 1.96. The molecule has 0 unspecified atom stereocenters. The third kappa shape index (κ3) is 6.24. The molecule has 0 aliphatic heterocycles. The van der Waals surface area contributed by atoms with Crippen LogP contribution in [0.5, 0.6) is 0 Å². The van der Waals surface area contributed by atoms with Crippen molar-refractivity contribution in [1.82, 2.24) is 15.6 Å². The Labute approximate surface area is 135 Å². The average molecular weight is 318 g/mol. The molecule has 1 aromatic heterocycles. The van der Waals surface area contributed by atoms with E-state index in [9.17, 15) is 4.79 Å². The van der Waals surface area contributed by atoms with Gasteiger partial charge in [-0.2, -0.15) is 0 Å². The summed E-state index contributed by atoms with van der Waals surface area (Å²) in [6, 6.07) is 13.5. The number of hydrogen-bond acceptors (Lipinski definition) is 3. The van der Waals surface area contributed by atoms with Gasteiger partial charge in [-0.15, -0.1) is 0 Å². The fourth-order valence-electron chi connectivity index (χ4n) is 2.03. The van der Waals surface area contributed by atoms with E-state index in [1.165, 1.54) is 5.56 Å². The number of aromatic nitrogens is 1. The zero-order valence-corrected chi connectivity index (χ0v) is 13.1. The van der Waals surface area contributed by atoms with Crippen molar-refractivity contribution in [2.75, 3.05) is 13.1 Å². The molecule has 1 heterocycles. The molecule has 2 rings (SSSR count). The summed E-state index contributed by atoms with van der Waals surface area (Å²) in [6.07, 6.45) is 3.08. The number of nitrogens with zero attached hydrogens (tertiary/aromatic N) is 1. The Kier molecular flexibility index (Phi) is 6.87. The van der Waals surface area contributed by atoms with Crippen LogP contribution in [0.1, 0.15) is 17.7 Å². The first-order valence-electron chi connectivity index (χ1n) is 7.36. The molecule has 0 aliphatic carbocycles. The normalized spacial score (nSPS) is 10.4. The van der Waals surface area contributed by atoms with Gasteiger partial charge in [-0.1, -0.05) is 29.8 Å². The highest BCUT2D eigenvalue weighted by molar-refractivity contribution is 6.30. The molecule has 0 fully saturated rings. The number of halogens is 1. The van der Waals surface area contributed by atoms with Crippen molar-refractivity contribution >= 4 is 17.5 Å². The molecule has 0 spiro atoms. The summed E-state index contributed by atoms with van der Waals surface area (Å²) < 4.78 is 0. The van der Waals surface area contributed by atoms with Crippen molar-refractivity contribution < 1.29 is 4.79 Å². The van der Waals surface area contributed by atoms with Crippen LogP contribution in [0.3, 0.4) is 0 Å². The predicted molar refractivity (Wildman–Crippen MR) is 88.7 cm³/mol. The molecule has 2 aromatic rings. The van der Waals surface area contributed by atoms with Crippen LogP contribution in [0, 0.1) is 0 Å². The van der Waals surface area contributed by atoms with Crippen LogP contribution in [-0.4, -0.2) is 24.0 Å². The summed E-state index contributed by atoms with van der Waals surface area (Å²) in [7, 11) is 0. The maximum absolute atomic E-state index is 11.7. The monoisotopic (exact) mass is 317 g/mol. The Bertz CT molecular complexity index is 589. The number of amides is 1. The van der Waals surface area contributed by atoms with E-state index in [1.54, 1.807) is 6.20 Å². The van der Waals surface area contributed by atoms with Crippen molar-refractivity contribution in [3.05, 3.63) is 64.9 Å². The molecule has 0 saturated heterocycles. The molecule has 0 saturated carbocycles. The molecule has 5 heteroatoms. The van der Waals surface area contributed by atoms with Gasteiger partial charge in [0.1, 0.15) is 0 Å². The second kappa shape index (κ2) is 9.18. The number of pyridine rings is 1. The summed E-state index contributed by atoms with van der Waals surface area (Å²) in [5.41, 5.74) is 2.06. The van der Waals surface area contributed by atoms with E-state index in [2.05, 4.69) is 15.6 Å². The maximum atomic E-state index is 11.7. The fourth-order valence-corrected chi connectivity index (χ4v) is 2.25. The third-order valence-electron chi connectivity index (χ3n) is 3.20. The van der Waals surface area contributed by atoms with Crippen LogP contribution in [-0.2, 0) is 17.8 Å². The fraction of sp³-hybridized carbons (Fsp3) is 0.294. The molecule has 4 nitrogen and oxygen atoms in total. The largest absolute Gasteiger partial charge is 0.350 e. The van der Waals surface area contributed by atoms with Crippen LogP contribution in [0.4, 0.5) is 0 Å². The quantitative estimate of drug-likeness (QED) is 0.736. The van der Waals surface area contributed by atoms with E-state index < -0.39 is 0 Å². The smallest absolute Gasteiger partial charge is 0.221 e. The van der Waals surface area contributed by atoms with Crippen LogP contribution in [0.2, 0.25) is 5.02 Å². The lowest BCUT2D eigenvalue weighted by atomic mass is 10.1. The van der Waals surface area contributed by atoms with Crippen molar-refractivity contribution in [3.8, 4) is 0 Å². The van der Waals surface area contributed by atoms with Crippen molar-refractivity contribution in [2.45, 2.75) is 19.4 Å². The number of hydrogen-bond donors (Lipinski definition) is 2. The first kappa shape index (κ1) is 16.5. The molecule has 116 valence electrons. The zero-order chi connectivity index (χ0) is 15.6. The molecule has 1 aromatic carbocycles. The highest BCUT2D eigenvalue weighted by Gasteiger charge is 2.01. The molecule has 0 bridgehead atoms. The Morgan fingerprint density at radius 1 is 1.14 bits per heavy atom. The molecular formula is C17H20ClN3O. The molecule has 2 N–H and O–H groups in total. The van der Waals surface area contributed by atoms with Gasteiger partial charge in [0, 0.05) is 24.2 Å². The Morgan fingerprint density at radius 3 is 2.82 bits per heavy atom. The molecular weight excluding hydrogens is 298 g/mol. The summed E-state index contributed by atoms with van der Waals surface area (Å²) >= 11 is 5.93. The molecule has 0 atom stereocenters. The van der Waals surface area contributed by atoms with Gasteiger partial charge >= 0.3 is 0 Å². The molecule has 22 heavy (non-hydrogen) atoms. The first-order chi connectivity index (χ1) is 10.7. The van der Waals surface area contributed by atoms with E-state index in [-0.39, 0.29) is 5.91 Å². The second-order valence-electron chi connectivity index (χ2n) is 4.98. The predicted octanol–water partition coefficient (Wildman–Crippen LogP) is 2.57. The minimum absolute atomic E-state index is 0.0286. The molecule has 1 amide bonds. The maximum Gasteiger partial charge on any atom is 0.221 e. The number of benzene rings is 1. The standard InChI is InChI=1S/C17H20ClN3O/c18-15-5-3-4-14(12-15)7-10-19-11-8-17(22)21-13-16-6-1-2-9-20-16/h1-6,9,12,19H,7-8,10-11,13H2,(H,21,22). The molecule has 0 aliphatic rings. The van der Waals surface area contributed by atoms with E-state index in [0.29, 0.717) is 19.5 Å². The summed E-state index contributed by atoms with van der Waals surface area (Å²) in [5.74, 6) is 0.0286. The number of nitrogens with one attached hydrogen (secondary N) is 2. The minimum Gasteiger partial charge on any atom is -0.350 e. The van der Waals surface area contributed by atoms with Crippen molar-refractivity contribution in [3.63, 3.8) is 0 Å². The van der Waals surface area contributed by atoms with Gasteiger partial charge in [-0.25, -0.2) is 0 Å². The Hall–Kier alpha value is -1.91. The van der Waals surface area contributed by atoms with Crippen LogP contribution in [0.15, 0.2) is 48.7 Å². The average Bonchev–Trinajstić information content (AvgIpc) is 2.54. The van der Waals surface area contributed by atoms with Gasteiger partial charge in [-0.05, 0) is 42.8 Å². The summed E-state index contributed by atoms with van der Waals surface area (Å²) in [5, 5.41) is 6.87. The van der Waals surface area contributed by atoms with E-state index >= 15 is 0 Å². The van der Waals surface area contributed by atoms with E-state index in [1.807, 2.05) is 42.5 Å². The number of carbonyl (C=O) groups is 1. The van der Waals surface area contributed by atoms with Gasteiger partial charge < -0.3 is 10.6 Å². The highest BCUT2D eigenvalue weighted by Crippen LogP contribution is 2.10. The first-order valence-corrected chi connectivity index (χ1v) is 7.73. The van der Waals surface area contributed by atoms with Crippen molar-refractivity contribution in [2.24, 2.45) is 0 Å². The SMILES string of the molecule is O=C(CCNCCc1cccc(Cl)c1)NCc1ccccn1. The molecule has 0 radical (unpaired) electrons. The van der Waals surface area contributed by atoms with Gasteiger partial charge in [-0.3, -0.25) is 9.78 Å². The lowest BCUT2D eigenvalue weighted by Gasteiger charge is -2.06. The lowest BCUT2D eigenvalue weighted by molar-refractivity contribution is -0.121.